The molecule has 0 aromatic rings. The maximum absolute atomic E-state index is 10.6. The molecule has 0 aromatic heterocycles. The van der Waals surface area contributed by atoms with Crippen LogP contribution < -0.4 is 0 Å². The summed E-state index contributed by atoms with van der Waals surface area (Å²) in [4.78, 5) is 0. The minimum atomic E-state index is -0.602. The summed E-state index contributed by atoms with van der Waals surface area (Å²) in [5, 5.41) is 10.6. The molecule has 88 valence electrons. The van der Waals surface area contributed by atoms with Crippen molar-refractivity contribution in [1.29, 1.82) is 0 Å². The Bertz CT molecular complexity index is 232. The lowest BCUT2D eigenvalue weighted by Gasteiger charge is -2.37. The monoisotopic (exact) mass is 246 g/mol. The van der Waals surface area contributed by atoms with E-state index in [1.54, 1.807) is 11.8 Å². The summed E-state index contributed by atoms with van der Waals surface area (Å²) in [7, 11) is 0. The predicted octanol–water partition coefficient (Wildman–Crippen LogP) is 3.68. The molecular formula is C12H22OS2. The molecule has 0 spiro atoms. The molecule has 0 radical (unpaired) electrons. The van der Waals surface area contributed by atoms with Crippen LogP contribution in [0.1, 0.15) is 40.0 Å². The second-order valence-electron chi connectivity index (χ2n) is 5.08. The van der Waals surface area contributed by atoms with Gasteiger partial charge in [-0.3, -0.25) is 0 Å². The van der Waals surface area contributed by atoms with E-state index in [2.05, 4.69) is 33.1 Å². The molecule has 3 heteroatoms. The molecule has 2 unspecified atom stereocenters. The Kier molecular flexibility index (Phi) is 4.63. The van der Waals surface area contributed by atoms with Crippen molar-refractivity contribution in [2.24, 2.45) is 0 Å². The Morgan fingerprint density at radius 1 is 1.40 bits per heavy atom. The smallest absolute Gasteiger partial charge is 0.104 e. The van der Waals surface area contributed by atoms with E-state index in [1.165, 1.54) is 0 Å². The highest BCUT2D eigenvalue weighted by molar-refractivity contribution is 8.17. The fourth-order valence-electron chi connectivity index (χ4n) is 1.75. The van der Waals surface area contributed by atoms with Crippen molar-refractivity contribution in [3.8, 4) is 0 Å². The first-order valence-electron chi connectivity index (χ1n) is 5.48. The third-order valence-corrected chi connectivity index (χ3v) is 5.47. The first-order valence-corrected chi connectivity index (χ1v) is 7.65. The van der Waals surface area contributed by atoms with Crippen LogP contribution in [-0.4, -0.2) is 26.3 Å². The van der Waals surface area contributed by atoms with Gasteiger partial charge in [-0.1, -0.05) is 32.9 Å². The highest BCUT2D eigenvalue weighted by atomic mass is 32.2. The lowest BCUT2D eigenvalue weighted by molar-refractivity contribution is 0.0918. The minimum absolute atomic E-state index is 0.203. The second kappa shape index (κ2) is 5.15. The highest BCUT2D eigenvalue weighted by Crippen LogP contribution is 2.43. The third-order valence-electron chi connectivity index (χ3n) is 2.44. The molecule has 0 fully saturated rings. The van der Waals surface area contributed by atoms with Gasteiger partial charge < -0.3 is 5.11 Å². The maximum Gasteiger partial charge on any atom is 0.104 e. The second-order valence-corrected chi connectivity index (χ2v) is 8.26. The fourth-order valence-corrected chi connectivity index (χ4v) is 4.64. The van der Waals surface area contributed by atoms with Crippen molar-refractivity contribution in [2.45, 2.75) is 55.0 Å². The SMILES string of the molecule is CSC(SC(C)(C)C)C1(O)C=CCCC1. The third kappa shape index (κ3) is 4.04. The van der Waals surface area contributed by atoms with Crippen LogP contribution in [0.25, 0.3) is 0 Å². The summed E-state index contributed by atoms with van der Waals surface area (Å²) >= 11 is 3.63. The van der Waals surface area contributed by atoms with Gasteiger partial charge in [0.25, 0.3) is 0 Å². The molecule has 0 bridgehead atoms. The van der Waals surface area contributed by atoms with Gasteiger partial charge in [-0.2, -0.15) is 0 Å². The van der Waals surface area contributed by atoms with Crippen LogP contribution in [0.15, 0.2) is 12.2 Å². The summed E-state index contributed by atoms with van der Waals surface area (Å²) in [5.74, 6) is 0. The molecule has 1 nitrogen and oxygen atoms in total. The summed E-state index contributed by atoms with van der Waals surface area (Å²) in [5.41, 5.74) is -0.602. The van der Waals surface area contributed by atoms with E-state index in [0.29, 0.717) is 0 Å². The molecule has 15 heavy (non-hydrogen) atoms. The molecular weight excluding hydrogens is 224 g/mol. The zero-order valence-corrected chi connectivity index (χ0v) is 11.8. The van der Waals surface area contributed by atoms with Gasteiger partial charge in [0.2, 0.25) is 0 Å². The molecule has 0 saturated heterocycles. The van der Waals surface area contributed by atoms with E-state index in [1.807, 2.05) is 17.8 Å². The molecule has 1 N–H and O–H groups in total. The van der Waals surface area contributed by atoms with Crippen LogP contribution in [0.2, 0.25) is 0 Å². The zero-order valence-electron chi connectivity index (χ0n) is 10.1. The van der Waals surface area contributed by atoms with Gasteiger partial charge in [-0.15, -0.1) is 23.5 Å². The Labute approximate surface area is 102 Å². The molecule has 0 saturated carbocycles. The Morgan fingerprint density at radius 2 is 2.07 bits per heavy atom. The molecule has 0 aromatic carbocycles. The summed E-state index contributed by atoms with van der Waals surface area (Å²) < 4.78 is 0.448. The number of thioether (sulfide) groups is 2. The number of allylic oxidation sites excluding steroid dienone is 1. The Morgan fingerprint density at radius 3 is 2.47 bits per heavy atom. The first-order chi connectivity index (χ1) is 6.87. The zero-order chi connectivity index (χ0) is 11.5. The van der Waals surface area contributed by atoms with Crippen molar-refractivity contribution < 1.29 is 5.11 Å². The molecule has 1 aliphatic carbocycles. The fraction of sp³-hybridized carbons (Fsp3) is 0.833. The number of rotatable bonds is 3. The molecule has 1 rings (SSSR count). The van der Waals surface area contributed by atoms with E-state index < -0.39 is 5.60 Å². The number of hydrogen-bond donors (Lipinski definition) is 1. The molecule has 0 aliphatic heterocycles. The van der Waals surface area contributed by atoms with E-state index in [0.717, 1.165) is 19.3 Å². The number of aliphatic hydroxyl groups is 1. The van der Waals surface area contributed by atoms with Crippen molar-refractivity contribution in [3.05, 3.63) is 12.2 Å². The summed E-state index contributed by atoms with van der Waals surface area (Å²) in [6.07, 6.45) is 9.34. The van der Waals surface area contributed by atoms with Crippen LogP contribution in [-0.2, 0) is 0 Å². The first kappa shape index (κ1) is 13.5. The maximum atomic E-state index is 10.6. The average molecular weight is 246 g/mol. The van der Waals surface area contributed by atoms with Crippen molar-refractivity contribution in [2.75, 3.05) is 6.26 Å². The van der Waals surface area contributed by atoms with Gasteiger partial charge >= 0.3 is 0 Å². The Balaban J connectivity index is 2.72. The normalized spacial score (nSPS) is 29.1. The van der Waals surface area contributed by atoms with E-state index in [4.69, 9.17) is 0 Å². The molecule has 2 atom stereocenters. The van der Waals surface area contributed by atoms with Gasteiger partial charge in [-0.05, 0) is 25.5 Å². The predicted molar refractivity (Wildman–Crippen MR) is 72.6 cm³/mol. The van der Waals surface area contributed by atoms with Crippen molar-refractivity contribution in [3.63, 3.8) is 0 Å². The van der Waals surface area contributed by atoms with Crippen LogP contribution in [0.4, 0.5) is 0 Å². The van der Waals surface area contributed by atoms with Crippen LogP contribution in [0.5, 0.6) is 0 Å². The molecule has 0 amide bonds. The summed E-state index contributed by atoms with van der Waals surface area (Å²) in [6.45, 7) is 6.62. The van der Waals surface area contributed by atoms with Crippen LogP contribution in [0, 0.1) is 0 Å². The van der Waals surface area contributed by atoms with Gasteiger partial charge in [0.15, 0.2) is 0 Å². The van der Waals surface area contributed by atoms with E-state index in [-0.39, 0.29) is 9.33 Å². The van der Waals surface area contributed by atoms with Crippen LogP contribution >= 0.6 is 23.5 Å². The average Bonchev–Trinajstić information content (AvgIpc) is 2.14. The van der Waals surface area contributed by atoms with Gasteiger partial charge in [0, 0.05) is 4.75 Å². The van der Waals surface area contributed by atoms with E-state index in [9.17, 15) is 5.11 Å². The lowest BCUT2D eigenvalue weighted by Crippen LogP contribution is -2.39. The van der Waals surface area contributed by atoms with Crippen molar-refractivity contribution >= 4 is 23.5 Å². The number of hydrogen-bond acceptors (Lipinski definition) is 3. The quantitative estimate of drug-likeness (QED) is 0.606. The van der Waals surface area contributed by atoms with Crippen molar-refractivity contribution in [1.82, 2.24) is 0 Å². The minimum Gasteiger partial charge on any atom is -0.384 e. The van der Waals surface area contributed by atoms with Crippen LogP contribution in [0.3, 0.4) is 0 Å². The molecule has 0 heterocycles. The Hall–Kier alpha value is 0.400. The van der Waals surface area contributed by atoms with Gasteiger partial charge in [0.1, 0.15) is 5.60 Å². The standard InChI is InChI=1S/C12H22OS2/c1-11(2,3)15-10(14-4)12(13)8-6-5-7-9-12/h6,8,10,13H,5,7,9H2,1-4H3. The lowest BCUT2D eigenvalue weighted by atomic mass is 9.93. The molecule has 1 aliphatic rings. The largest absolute Gasteiger partial charge is 0.384 e. The van der Waals surface area contributed by atoms with E-state index >= 15 is 0 Å². The van der Waals surface area contributed by atoms with Gasteiger partial charge in [0.05, 0.1) is 4.58 Å². The summed E-state index contributed by atoms with van der Waals surface area (Å²) in [6, 6.07) is 0. The topological polar surface area (TPSA) is 20.2 Å². The van der Waals surface area contributed by atoms with Gasteiger partial charge in [-0.25, -0.2) is 0 Å². The highest BCUT2D eigenvalue weighted by Gasteiger charge is 2.37.